The molecule has 0 saturated heterocycles. The summed E-state index contributed by atoms with van der Waals surface area (Å²) in [6, 6.07) is 15.7. The Hall–Kier alpha value is -1.84. The van der Waals surface area contributed by atoms with Gasteiger partial charge < -0.3 is 9.64 Å². The highest BCUT2D eigenvalue weighted by molar-refractivity contribution is 6.31. The fraction of sp³-hybridized carbons (Fsp3) is 0.350. The van der Waals surface area contributed by atoms with Crippen LogP contribution in [0.4, 0.5) is 0 Å². The van der Waals surface area contributed by atoms with Crippen molar-refractivity contribution >= 4 is 17.5 Å². The molecule has 0 radical (unpaired) electrons. The normalized spacial score (nSPS) is 15.1. The molecule has 2 aromatic carbocycles. The first-order valence-electron chi connectivity index (χ1n) is 8.26. The van der Waals surface area contributed by atoms with Crippen LogP contribution in [0.25, 0.3) is 0 Å². The highest BCUT2D eigenvalue weighted by Gasteiger charge is 2.37. The molecule has 1 aliphatic carbocycles. The van der Waals surface area contributed by atoms with E-state index in [9.17, 15) is 4.79 Å². The molecule has 1 amide bonds. The first-order valence-corrected chi connectivity index (χ1v) is 8.64. The highest BCUT2D eigenvalue weighted by atomic mass is 35.5. The predicted octanol–water partition coefficient (Wildman–Crippen LogP) is 4.85. The quantitative estimate of drug-likeness (QED) is 0.750. The summed E-state index contributed by atoms with van der Waals surface area (Å²) in [5.74, 6) is 0.0582. The summed E-state index contributed by atoms with van der Waals surface area (Å²) >= 11 is 6.35. The van der Waals surface area contributed by atoms with Gasteiger partial charge in [-0.05, 0) is 49.1 Å². The number of methoxy groups -OCH3 is 1. The van der Waals surface area contributed by atoms with Crippen LogP contribution in [0.15, 0.2) is 48.5 Å². The molecule has 1 atom stereocenters. The third kappa shape index (κ3) is 3.63. The van der Waals surface area contributed by atoms with Gasteiger partial charge in [-0.3, -0.25) is 4.79 Å². The number of carbonyl (C=O) groups is 1. The number of hydrogen-bond acceptors (Lipinski definition) is 2. The first-order chi connectivity index (χ1) is 11.6. The summed E-state index contributed by atoms with van der Waals surface area (Å²) in [6.45, 7) is 2.56. The van der Waals surface area contributed by atoms with E-state index >= 15 is 0 Å². The number of benzene rings is 2. The molecule has 0 spiro atoms. The molecule has 1 fully saturated rings. The standard InChI is InChI=1S/C20H22ClNO2/c1-14(18-8-3-4-9-19(18)21)22(17-10-11-17)20(23)16-7-5-6-15(12-16)13-24-2/h3-9,12,14,17H,10-11,13H2,1-2H3. The van der Waals surface area contributed by atoms with Crippen molar-refractivity contribution < 1.29 is 9.53 Å². The Balaban J connectivity index is 1.89. The van der Waals surface area contributed by atoms with Gasteiger partial charge >= 0.3 is 0 Å². The maximum absolute atomic E-state index is 13.2. The fourth-order valence-corrected chi connectivity index (χ4v) is 3.38. The van der Waals surface area contributed by atoms with Gasteiger partial charge in [0.25, 0.3) is 5.91 Å². The maximum Gasteiger partial charge on any atom is 0.254 e. The Labute approximate surface area is 148 Å². The summed E-state index contributed by atoms with van der Waals surface area (Å²) in [4.78, 5) is 15.1. The van der Waals surface area contributed by atoms with Crippen molar-refractivity contribution in [2.75, 3.05) is 7.11 Å². The van der Waals surface area contributed by atoms with Gasteiger partial charge in [-0.25, -0.2) is 0 Å². The van der Waals surface area contributed by atoms with Crippen LogP contribution in [-0.2, 0) is 11.3 Å². The monoisotopic (exact) mass is 343 g/mol. The molecule has 1 unspecified atom stereocenters. The summed E-state index contributed by atoms with van der Waals surface area (Å²) in [5, 5.41) is 0.705. The topological polar surface area (TPSA) is 29.5 Å². The molecule has 0 bridgehead atoms. The average molecular weight is 344 g/mol. The Bertz CT molecular complexity index is 727. The van der Waals surface area contributed by atoms with Crippen LogP contribution >= 0.6 is 11.6 Å². The Morgan fingerprint density at radius 2 is 2.00 bits per heavy atom. The van der Waals surface area contributed by atoms with E-state index in [0.29, 0.717) is 23.2 Å². The Morgan fingerprint density at radius 1 is 1.25 bits per heavy atom. The molecule has 1 saturated carbocycles. The number of amides is 1. The van der Waals surface area contributed by atoms with E-state index < -0.39 is 0 Å². The van der Waals surface area contributed by atoms with Crippen molar-refractivity contribution in [1.29, 1.82) is 0 Å². The fourth-order valence-electron chi connectivity index (χ4n) is 3.08. The van der Waals surface area contributed by atoms with Crippen LogP contribution < -0.4 is 0 Å². The second-order valence-corrected chi connectivity index (χ2v) is 6.68. The van der Waals surface area contributed by atoms with Crippen molar-refractivity contribution in [3.05, 3.63) is 70.2 Å². The van der Waals surface area contributed by atoms with Gasteiger partial charge in [-0.15, -0.1) is 0 Å². The molecular weight excluding hydrogens is 322 g/mol. The van der Waals surface area contributed by atoms with E-state index in [0.717, 1.165) is 24.0 Å². The summed E-state index contributed by atoms with van der Waals surface area (Å²) < 4.78 is 5.17. The molecule has 0 aliphatic heterocycles. The third-order valence-electron chi connectivity index (χ3n) is 4.43. The van der Waals surface area contributed by atoms with Crippen molar-refractivity contribution in [2.45, 2.75) is 38.5 Å². The highest BCUT2D eigenvalue weighted by Crippen LogP contribution is 2.37. The van der Waals surface area contributed by atoms with E-state index in [-0.39, 0.29) is 11.9 Å². The SMILES string of the molecule is COCc1cccc(C(=O)N(C2CC2)C(C)c2ccccc2Cl)c1. The van der Waals surface area contributed by atoms with Crippen LogP contribution in [-0.4, -0.2) is 24.0 Å². The van der Waals surface area contributed by atoms with E-state index in [1.54, 1.807) is 7.11 Å². The summed E-state index contributed by atoms with van der Waals surface area (Å²) in [7, 11) is 1.66. The number of rotatable bonds is 6. The summed E-state index contributed by atoms with van der Waals surface area (Å²) in [6.07, 6.45) is 2.11. The van der Waals surface area contributed by atoms with E-state index in [2.05, 4.69) is 6.92 Å². The predicted molar refractivity (Wildman–Crippen MR) is 96.2 cm³/mol. The molecule has 0 aromatic heterocycles. The van der Waals surface area contributed by atoms with Gasteiger partial charge in [0.1, 0.15) is 0 Å². The number of carbonyl (C=O) groups excluding carboxylic acids is 1. The lowest BCUT2D eigenvalue weighted by atomic mass is 10.0. The van der Waals surface area contributed by atoms with E-state index in [1.165, 1.54) is 0 Å². The first kappa shape index (κ1) is 17.0. The summed E-state index contributed by atoms with van der Waals surface area (Å²) in [5.41, 5.74) is 2.70. The molecule has 2 aromatic rings. The van der Waals surface area contributed by atoms with Gasteiger partial charge in [0.05, 0.1) is 12.6 Å². The molecule has 3 nitrogen and oxygen atoms in total. The number of nitrogens with zero attached hydrogens (tertiary/aromatic N) is 1. The van der Waals surface area contributed by atoms with Gasteiger partial charge in [0.15, 0.2) is 0 Å². The zero-order valence-electron chi connectivity index (χ0n) is 14.0. The second kappa shape index (κ2) is 7.37. The van der Waals surface area contributed by atoms with Crippen molar-refractivity contribution in [1.82, 2.24) is 4.90 Å². The van der Waals surface area contributed by atoms with E-state index in [1.807, 2.05) is 53.4 Å². The third-order valence-corrected chi connectivity index (χ3v) is 4.78. The lowest BCUT2D eigenvalue weighted by Crippen LogP contribution is -2.35. The zero-order chi connectivity index (χ0) is 17.1. The smallest absolute Gasteiger partial charge is 0.254 e. The molecule has 1 aliphatic rings. The minimum Gasteiger partial charge on any atom is -0.380 e. The molecule has 0 heterocycles. The van der Waals surface area contributed by atoms with Crippen LogP contribution in [0.3, 0.4) is 0 Å². The second-order valence-electron chi connectivity index (χ2n) is 6.27. The van der Waals surface area contributed by atoms with E-state index in [4.69, 9.17) is 16.3 Å². The van der Waals surface area contributed by atoms with Crippen LogP contribution in [0.1, 0.15) is 47.3 Å². The molecule has 126 valence electrons. The van der Waals surface area contributed by atoms with Gasteiger partial charge in [0, 0.05) is 23.7 Å². The number of halogens is 1. The molecule has 0 N–H and O–H groups in total. The van der Waals surface area contributed by atoms with Crippen molar-refractivity contribution in [3.63, 3.8) is 0 Å². The van der Waals surface area contributed by atoms with Gasteiger partial charge in [0.2, 0.25) is 0 Å². The lowest BCUT2D eigenvalue weighted by molar-refractivity contribution is 0.0673. The van der Waals surface area contributed by atoms with Gasteiger partial charge in [-0.1, -0.05) is 41.9 Å². The molecule has 4 heteroatoms. The van der Waals surface area contributed by atoms with Crippen LogP contribution in [0.2, 0.25) is 5.02 Å². The zero-order valence-corrected chi connectivity index (χ0v) is 14.8. The molecular formula is C20H22ClNO2. The minimum absolute atomic E-state index is 0.0511. The largest absolute Gasteiger partial charge is 0.380 e. The lowest BCUT2D eigenvalue weighted by Gasteiger charge is -2.30. The number of hydrogen-bond donors (Lipinski definition) is 0. The Morgan fingerprint density at radius 3 is 2.67 bits per heavy atom. The molecule has 24 heavy (non-hydrogen) atoms. The van der Waals surface area contributed by atoms with Crippen molar-refractivity contribution in [3.8, 4) is 0 Å². The maximum atomic E-state index is 13.2. The number of ether oxygens (including phenoxy) is 1. The van der Waals surface area contributed by atoms with Crippen LogP contribution in [0, 0.1) is 0 Å². The molecule has 3 rings (SSSR count). The average Bonchev–Trinajstić information content (AvgIpc) is 3.41. The van der Waals surface area contributed by atoms with Gasteiger partial charge in [-0.2, -0.15) is 0 Å². The van der Waals surface area contributed by atoms with Crippen molar-refractivity contribution in [2.24, 2.45) is 0 Å². The minimum atomic E-state index is -0.0511. The van der Waals surface area contributed by atoms with Crippen LogP contribution in [0.5, 0.6) is 0 Å². The Kier molecular flexibility index (Phi) is 5.22.